The van der Waals surface area contributed by atoms with Crippen molar-refractivity contribution in [2.75, 3.05) is 0 Å². The molecule has 1 atom stereocenters. The Hall–Kier alpha value is -1.60. The van der Waals surface area contributed by atoms with Gasteiger partial charge in [0.25, 0.3) is 0 Å². The predicted molar refractivity (Wildman–Crippen MR) is 70.3 cm³/mol. The summed E-state index contributed by atoms with van der Waals surface area (Å²) in [4.78, 5) is 0. The van der Waals surface area contributed by atoms with Crippen LogP contribution in [0.4, 0.5) is 0 Å². The minimum atomic E-state index is 0.101. The van der Waals surface area contributed by atoms with E-state index in [1.165, 1.54) is 16.3 Å². The summed E-state index contributed by atoms with van der Waals surface area (Å²) in [7, 11) is 0. The Morgan fingerprint density at radius 3 is 2.69 bits per heavy atom. The number of benzene rings is 2. The number of hydrogen-bond acceptors (Lipinski definition) is 1. The molecule has 0 saturated carbocycles. The summed E-state index contributed by atoms with van der Waals surface area (Å²) in [6, 6.07) is 14.8. The van der Waals surface area contributed by atoms with Crippen LogP contribution in [0.5, 0.6) is 0 Å². The summed E-state index contributed by atoms with van der Waals surface area (Å²) in [6.07, 6.45) is 3.84. The zero-order valence-electron chi connectivity index (χ0n) is 9.39. The molecule has 1 nitrogen and oxygen atoms in total. The fourth-order valence-corrected chi connectivity index (χ4v) is 2.03. The van der Waals surface area contributed by atoms with Crippen molar-refractivity contribution in [2.45, 2.75) is 18.9 Å². The van der Waals surface area contributed by atoms with E-state index < -0.39 is 0 Å². The number of hydrogen-bond donors (Lipinski definition) is 1. The number of nitrogens with two attached hydrogens (primary N) is 1. The van der Waals surface area contributed by atoms with Gasteiger partial charge in [0.1, 0.15) is 0 Å². The maximum atomic E-state index is 6.20. The van der Waals surface area contributed by atoms with Crippen molar-refractivity contribution in [3.63, 3.8) is 0 Å². The molecule has 0 aliphatic carbocycles. The van der Waals surface area contributed by atoms with E-state index in [-0.39, 0.29) is 6.04 Å². The topological polar surface area (TPSA) is 26.0 Å². The van der Waals surface area contributed by atoms with Crippen LogP contribution in [0.2, 0.25) is 0 Å². The van der Waals surface area contributed by atoms with E-state index in [0.29, 0.717) is 0 Å². The first kappa shape index (κ1) is 10.9. The molecule has 2 aromatic rings. The summed E-state index contributed by atoms with van der Waals surface area (Å²) < 4.78 is 0. The second kappa shape index (κ2) is 4.95. The molecule has 0 aliphatic rings. The maximum Gasteiger partial charge on any atom is 0.0303 e. The highest BCUT2D eigenvalue weighted by molar-refractivity contribution is 5.86. The molecule has 0 aliphatic heterocycles. The van der Waals surface area contributed by atoms with Crippen LogP contribution in [0.25, 0.3) is 10.8 Å². The SMILES string of the molecule is C=CCC[C@@H](N)c1cccc2ccccc12. The van der Waals surface area contributed by atoms with Crippen molar-refractivity contribution in [2.24, 2.45) is 5.73 Å². The largest absolute Gasteiger partial charge is 0.324 e. The third kappa shape index (κ3) is 2.15. The van der Waals surface area contributed by atoms with Gasteiger partial charge in [-0.3, -0.25) is 0 Å². The van der Waals surface area contributed by atoms with Crippen molar-refractivity contribution < 1.29 is 0 Å². The van der Waals surface area contributed by atoms with E-state index in [1.807, 2.05) is 6.08 Å². The van der Waals surface area contributed by atoms with Gasteiger partial charge < -0.3 is 5.73 Å². The van der Waals surface area contributed by atoms with Gasteiger partial charge in [-0.05, 0) is 29.2 Å². The van der Waals surface area contributed by atoms with Crippen LogP contribution in [-0.2, 0) is 0 Å². The molecule has 0 amide bonds. The smallest absolute Gasteiger partial charge is 0.0303 e. The van der Waals surface area contributed by atoms with Gasteiger partial charge in [-0.25, -0.2) is 0 Å². The van der Waals surface area contributed by atoms with Gasteiger partial charge in [0.15, 0.2) is 0 Å². The highest BCUT2D eigenvalue weighted by Crippen LogP contribution is 2.25. The monoisotopic (exact) mass is 211 g/mol. The fraction of sp³-hybridized carbons (Fsp3) is 0.200. The Morgan fingerprint density at radius 1 is 1.12 bits per heavy atom. The molecule has 0 spiro atoms. The Morgan fingerprint density at radius 2 is 1.88 bits per heavy atom. The van der Waals surface area contributed by atoms with Gasteiger partial charge in [-0.2, -0.15) is 0 Å². The van der Waals surface area contributed by atoms with Gasteiger partial charge in [-0.1, -0.05) is 48.5 Å². The molecule has 82 valence electrons. The normalized spacial score (nSPS) is 12.6. The Labute approximate surface area is 96.6 Å². The molecule has 2 N–H and O–H groups in total. The lowest BCUT2D eigenvalue weighted by Gasteiger charge is -2.13. The molecule has 2 rings (SSSR count). The van der Waals surface area contributed by atoms with Crippen LogP contribution in [0, 0.1) is 0 Å². The van der Waals surface area contributed by atoms with Gasteiger partial charge in [-0.15, -0.1) is 6.58 Å². The summed E-state index contributed by atoms with van der Waals surface area (Å²) in [5.41, 5.74) is 7.44. The molecule has 1 heteroatoms. The Bertz CT molecular complexity index is 482. The summed E-state index contributed by atoms with van der Waals surface area (Å²) in [6.45, 7) is 3.73. The van der Waals surface area contributed by atoms with Crippen LogP contribution in [0.1, 0.15) is 24.4 Å². The Kier molecular flexibility index (Phi) is 3.37. The highest BCUT2D eigenvalue weighted by atomic mass is 14.6. The summed E-state index contributed by atoms with van der Waals surface area (Å²) in [5.74, 6) is 0. The number of rotatable bonds is 4. The molecule has 0 fully saturated rings. The van der Waals surface area contributed by atoms with Crippen molar-refractivity contribution in [3.8, 4) is 0 Å². The van der Waals surface area contributed by atoms with E-state index in [9.17, 15) is 0 Å². The minimum Gasteiger partial charge on any atom is -0.324 e. The highest BCUT2D eigenvalue weighted by Gasteiger charge is 2.08. The molecule has 16 heavy (non-hydrogen) atoms. The lowest BCUT2D eigenvalue weighted by molar-refractivity contribution is 0.666. The maximum absolute atomic E-state index is 6.20. The number of fused-ring (bicyclic) bond motifs is 1. The van der Waals surface area contributed by atoms with Crippen molar-refractivity contribution >= 4 is 10.8 Å². The van der Waals surface area contributed by atoms with Crippen molar-refractivity contribution in [1.29, 1.82) is 0 Å². The first-order chi connectivity index (χ1) is 7.83. The van der Waals surface area contributed by atoms with E-state index in [2.05, 4.69) is 49.0 Å². The first-order valence-electron chi connectivity index (χ1n) is 5.67. The molecular weight excluding hydrogens is 194 g/mol. The molecule has 0 aromatic heterocycles. The zero-order valence-corrected chi connectivity index (χ0v) is 9.39. The van der Waals surface area contributed by atoms with Crippen LogP contribution in [-0.4, -0.2) is 0 Å². The van der Waals surface area contributed by atoms with E-state index in [0.717, 1.165) is 12.8 Å². The molecule has 0 saturated heterocycles. The third-order valence-electron chi connectivity index (χ3n) is 2.90. The predicted octanol–water partition coefficient (Wildman–Crippen LogP) is 3.81. The van der Waals surface area contributed by atoms with Gasteiger partial charge in [0, 0.05) is 6.04 Å². The molecular formula is C15H17N. The van der Waals surface area contributed by atoms with Crippen LogP contribution in [0.15, 0.2) is 55.1 Å². The van der Waals surface area contributed by atoms with Crippen molar-refractivity contribution in [3.05, 3.63) is 60.7 Å². The lowest BCUT2D eigenvalue weighted by atomic mass is 9.96. The van der Waals surface area contributed by atoms with E-state index >= 15 is 0 Å². The summed E-state index contributed by atoms with van der Waals surface area (Å²) >= 11 is 0. The minimum absolute atomic E-state index is 0.101. The number of allylic oxidation sites excluding steroid dienone is 1. The van der Waals surface area contributed by atoms with Gasteiger partial charge >= 0.3 is 0 Å². The Balaban J connectivity index is 2.39. The fourth-order valence-electron chi connectivity index (χ4n) is 2.03. The van der Waals surface area contributed by atoms with Crippen molar-refractivity contribution in [1.82, 2.24) is 0 Å². The summed E-state index contributed by atoms with van der Waals surface area (Å²) in [5, 5.41) is 2.52. The molecule has 2 aromatic carbocycles. The molecule has 0 radical (unpaired) electrons. The lowest BCUT2D eigenvalue weighted by Crippen LogP contribution is -2.10. The van der Waals surface area contributed by atoms with Gasteiger partial charge in [0.2, 0.25) is 0 Å². The quantitative estimate of drug-likeness (QED) is 0.765. The first-order valence-corrected chi connectivity index (χ1v) is 5.67. The van der Waals surface area contributed by atoms with E-state index in [1.54, 1.807) is 0 Å². The standard InChI is InChI=1S/C15H17N/c1-2-3-11-15(16)14-10-6-8-12-7-4-5-9-13(12)14/h2,4-10,15H,1,3,11,16H2/t15-/m1/s1. The average molecular weight is 211 g/mol. The average Bonchev–Trinajstić information content (AvgIpc) is 2.35. The molecule has 0 heterocycles. The molecule has 0 bridgehead atoms. The third-order valence-corrected chi connectivity index (χ3v) is 2.90. The van der Waals surface area contributed by atoms with Crippen LogP contribution in [0.3, 0.4) is 0 Å². The van der Waals surface area contributed by atoms with Gasteiger partial charge in [0.05, 0.1) is 0 Å². The zero-order chi connectivity index (χ0) is 11.4. The molecule has 0 unspecified atom stereocenters. The second-order valence-electron chi connectivity index (χ2n) is 4.04. The van der Waals surface area contributed by atoms with E-state index in [4.69, 9.17) is 5.73 Å². The van der Waals surface area contributed by atoms with Crippen LogP contribution < -0.4 is 5.73 Å². The second-order valence-corrected chi connectivity index (χ2v) is 4.04. The van der Waals surface area contributed by atoms with Crippen LogP contribution >= 0.6 is 0 Å².